The highest BCUT2D eigenvalue weighted by Crippen LogP contribution is 2.18. The van der Waals surface area contributed by atoms with Crippen LogP contribution in [0.5, 0.6) is 0 Å². The summed E-state index contributed by atoms with van der Waals surface area (Å²) in [6.07, 6.45) is 4.81. The van der Waals surface area contributed by atoms with Crippen molar-refractivity contribution in [3.63, 3.8) is 0 Å². The maximum atomic E-state index is 4.41. The minimum atomic E-state index is 0.109. The van der Waals surface area contributed by atoms with E-state index in [1.807, 2.05) is 12.4 Å². The maximum absolute atomic E-state index is 4.41. The minimum absolute atomic E-state index is 0.109. The molecule has 0 saturated carbocycles. The molecule has 0 aliphatic rings. The van der Waals surface area contributed by atoms with Crippen LogP contribution in [0.2, 0.25) is 6.82 Å². The smallest absolute Gasteiger partial charge is 0.124 e. The van der Waals surface area contributed by atoms with Crippen molar-refractivity contribution in [1.29, 1.82) is 0 Å². The Bertz CT molecular complexity index is 261. The highest BCUT2D eigenvalue weighted by atomic mass is 14.8. The first-order valence-corrected chi connectivity index (χ1v) is 4.85. The van der Waals surface area contributed by atoms with Gasteiger partial charge in [-0.05, 0) is 6.32 Å². The van der Waals surface area contributed by atoms with Gasteiger partial charge in [0.15, 0.2) is 0 Å². The van der Waals surface area contributed by atoms with E-state index in [0.717, 1.165) is 25.0 Å². The summed E-state index contributed by atoms with van der Waals surface area (Å²) in [4.78, 5) is 8.78. The molecule has 1 aromatic heterocycles. The largest absolute Gasteiger partial charge is 0.259 e. The molecule has 0 saturated heterocycles. The average Bonchev–Trinajstić information content (AvgIpc) is 2.04. The fourth-order valence-electron chi connectivity index (χ4n) is 1.13. The Balaban J connectivity index is 2.81. The third-order valence-electron chi connectivity index (χ3n) is 1.98. The molecule has 0 unspecified atom stereocenters. The molecular weight excluding hydrogens is 159 g/mol. The predicted octanol–water partition coefficient (Wildman–Crippen LogP) is 1.76. The fourth-order valence-corrected chi connectivity index (χ4v) is 1.13. The van der Waals surface area contributed by atoms with Gasteiger partial charge in [0.25, 0.3) is 0 Å². The van der Waals surface area contributed by atoms with E-state index < -0.39 is 0 Å². The second kappa shape index (κ2) is 3.90. The van der Waals surface area contributed by atoms with E-state index in [1.54, 1.807) is 0 Å². The van der Waals surface area contributed by atoms with E-state index in [4.69, 9.17) is 0 Å². The molecule has 0 aliphatic carbocycles. The first kappa shape index (κ1) is 10.2. The summed E-state index contributed by atoms with van der Waals surface area (Å²) in [5.41, 5.74) is 2.26. The van der Waals surface area contributed by atoms with Crippen LogP contribution in [0, 0.1) is 0 Å². The van der Waals surface area contributed by atoms with Gasteiger partial charge >= 0.3 is 0 Å². The van der Waals surface area contributed by atoms with Gasteiger partial charge in [-0.1, -0.05) is 27.6 Å². The first-order valence-electron chi connectivity index (χ1n) is 4.85. The summed E-state index contributed by atoms with van der Waals surface area (Å²) in [6.45, 7) is 8.60. The Morgan fingerprint density at radius 1 is 1.23 bits per heavy atom. The molecule has 2 nitrogen and oxygen atoms in total. The average molecular weight is 176 g/mol. The van der Waals surface area contributed by atoms with Gasteiger partial charge in [0.1, 0.15) is 7.28 Å². The summed E-state index contributed by atoms with van der Waals surface area (Å²) >= 11 is 0. The van der Waals surface area contributed by atoms with Crippen LogP contribution < -0.4 is 0 Å². The van der Waals surface area contributed by atoms with Crippen LogP contribution >= 0.6 is 0 Å². The lowest BCUT2D eigenvalue weighted by Gasteiger charge is -2.16. The Kier molecular flexibility index (Phi) is 3.07. The van der Waals surface area contributed by atoms with Gasteiger partial charge in [-0.2, -0.15) is 0 Å². The van der Waals surface area contributed by atoms with Gasteiger partial charge in [-0.15, -0.1) is 0 Å². The standard InChI is InChI=1S/C10H17BN2/c1-10(2,3)9-7-12-8(5-11-4)6-13-9/h6-7,11H,5H2,1-4H3. The van der Waals surface area contributed by atoms with Crippen LogP contribution in [0.25, 0.3) is 0 Å². The highest BCUT2D eigenvalue weighted by molar-refractivity contribution is 6.32. The Hall–Kier alpha value is -0.855. The zero-order valence-corrected chi connectivity index (χ0v) is 8.96. The summed E-state index contributed by atoms with van der Waals surface area (Å²) in [5.74, 6) is 0. The summed E-state index contributed by atoms with van der Waals surface area (Å²) in [6, 6.07) is 0. The molecule has 0 aliphatic heterocycles. The maximum Gasteiger partial charge on any atom is 0.124 e. The van der Waals surface area contributed by atoms with Crippen molar-refractivity contribution in [2.24, 2.45) is 0 Å². The molecule has 13 heavy (non-hydrogen) atoms. The lowest BCUT2D eigenvalue weighted by atomic mass is 9.77. The van der Waals surface area contributed by atoms with E-state index in [0.29, 0.717) is 0 Å². The predicted molar refractivity (Wildman–Crippen MR) is 57.4 cm³/mol. The number of hydrogen-bond acceptors (Lipinski definition) is 2. The van der Waals surface area contributed by atoms with Crippen molar-refractivity contribution in [2.45, 2.75) is 39.3 Å². The monoisotopic (exact) mass is 176 g/mol. The van der Waals surface area contributed by atoms with Crippen molar-refractivity contribution < 1.29 is 0 Å². The minimum Gasteiger partial charge on any atom is -0.259 e. The van der Waals surface area contributed by atoms with Crippen LogP contribution in [-0.4, -0.2) is 17.2 Å². The number of hydrogen-bond donors (Lipinski definition) is 0. The SMILES string of the molecule is CBCc1cnc(C(C)(C)C)cn1. The van der Waals surface area contributed by atoms with Crippen molar-refractivity contribution in [1.82, 2.24) is 9.97 Å². The van der Waals surface area contributed by atoms with Crippen molar-refractivity contribution in [3.8, 4) is 0 Å². The molecular formula is C10H17BN2. The van der Waals surface area contributed by atoms with Crippen LogP contribution in [0.3, 0.4) is 0 Å². The summed E-state index contributed by atoms with van der Waals surface area (Å²) < 4.78 is 0. The Morgan fingerprint density at radius 3 is 2.31 bits per heavy atom. The van der Waals surface area contributed by atoms with Gasteiger partial charge in [0.05, 0.1) is 11.4 Å². The Labute approximate surface area is 81.0 Å². The molecule has 0 N–H and O–H groups in total. The summed E-state index contributed by atoms with van der Waals surface area (Å²) in [5, 5.41) is 0. The lowest BCUT2D eigenvalue weighted by Crippen LogP contribution is -2.14. The van der Waals surface area contributed by atoms with E-state index in [1.165, 1.54) is 0 Å². The second-order valence-electron chi connectivity index (χ2n) is 4.39. The topological polar surface area (TPSA) is 25.8 Å². The molecule has 0 fully saturated rings. The van der Waals surface area contributed by atoms with E-state index in [-0.39, 0.29) is 5.41 Å². The molecule has 0 amide bonds. The van der Waals surface area contributed by atoms with Crippen LogP contribution in [0.4, 0.5) is 0 Å². The van der Waals surface area contributed by atoms with E-state index >= 15 is 0 Å². The van der Waals surface area contributed by atoms with Gasteiger partial charge in [0.2, 0.25) is 0 Å². The quantitative estimate of drug-likeness (QED) is 0.641. The molecule has 1 aromatic rings. The number of aromatic nitrogens is 2. The van der Waals surface area contributed by atoms with Crippen LogP contribution in [-0.2, 0) is 11.7 Å². The van der Waals surface area contributed by atoms with Gasteiger partial charge in [0, 0.05) is 17.8 Å². The molecule has 3 heteroatoms. The van der Waals surface area contributed by atoms with Crippen LogP contribution in [0.1, 0.15) is 32.2 Å². The number of nitrogens with zero attached hydrogens (tertiary/aromatic N) is 2. The lowest BCUT2D eigenvalue weighted by molar-refractivity contribution is 0.564. The molecule has 1 rings (SSSR count). The van der Waals surface area contributed by atoms with Gasteiger partial charge < -0.3 is 0 Å². The van der Waals surface area contributed by atoms with Crippen LogP contribution in [0.15, 0.2) is 12.4 Å². The summed E-state index contributed by atoms with van der Waals surface area (Å²) in [7, 11) is 1.13. The van der Waals surface area contributed by atoms with Gasteiger partial charge in [-0.25, -0.2) is 0 Å². The highest BCUT2D eigenvalue weighted by Gasteiger charge is 2.15. The fraction of sp³-hybridized carbons (Fsp3) is 0.600. The third kappa shape index (κ3) is 2.83. The molecule has 0 aromatic carbocycles. The first-order chi connectivity index (χ1) is 6.04. The second-order valence-corrected chi connectivity index (χ2v) is 4.39. The Morgan fingerprint density at radius 2 is 1.92 bits per heavy atom. The zero-order chi connectivity index (χ0) is 9.90. The zero-order valence-electron chi connectivity index (χ0n) is 8.96. The van der Waals surface area contributed by atoms with Gasteiger partial charge in [-0.3, -0.25) is 9.97 Å². The third-order valence-corrected chi connectivity index (χ3v) is 1.98. The molecule has 1 heterocycles. The number of rotatable bonds is 2. The molecule has 0 bridgehead atoms. The molecule has 0 atom stereocenters. The van der Waals surface area contributed by atoms with E-state index in [2.05, 4.69) is 37.6 Å². The van der Waals surface area contributed by atoms with Crippen molar-refractivity contribution in [2.75, 3.05) is 0 Å². The van der Waals surface area contributed by atoms with Crippen molar-refractivity contribution >= 4 is 7.28 Å². The normalized spacial score (nSPS) is 11.4. The molecule has 0 radical (unpaired) electrons. The molecule has 0 spiro atoms. The van der Waals surface area contributed by atoms with Crippen molar-refractivity contribution in [3.05, 3.63) is 23.8 Å². The van der Waals surface area contributed by atoms with E-state index in [9.17, 15) is 0 Å². The molecule has 70 valence electrons.